The molecule has 2 fully saturated rings. The van der Waals surface area contributed by atoms with Crippen molar-refractivity contribution >= 4 is 5.96 Å². The molecule has 0 aliphatic carbocycles. The second-order valence-corrected chi connectivity index (χ2v) is 7.14. The van der Waals surface area contributed by atoms with E-state index < -0.39 is 0 Å². The molecule has 0 spiro atoms. The summed E-state index contributed by atoms with van der Waals surface area (Å²) in [7, 11) is 0. The molecule has 2 saturated heterocycles. The minimum absolute atomic E-state index is 0.273. The highest BCUT2D eigenvalue weighted by Crippen LogP contribution is 2.16. The molecular formula is C20H33N3O3. The van der Waals surface area contributed by atoms with E-state index in [0.29, 0.717) is 6.10 Å². The zero-order valence-corrected chi connectivity index (χ0v) is 15.8. The number of furan rings is 1. The van der Waals surface area contributed by atoms with E-state index in [1.54, 1.807) is 6.26 Å². The summed E-state index contributed by atoms with van der Waals surface area (Å²) in [5.41, 5.74) is 0. The van der Waals surface area contributed by atoms with Gasteiger partial charge in [-0.1, -0.05) is 0 Å². The van der Waals surface area contributed by atoms with Crippen molar-refractivity contribution in [1.29, 1.82) is 0 Å². The van der Waals surface area contributed by atoms with E-state index in [9.17, 15) is 0 Å². The van der Waals surface area contributed by atoms with E-state index in [4.69, 9.17) is 18.9 Å². The van der Waals surface area contributed by atoms with Gasteiger partial charge in [0.2, 0.25) is 0 Å². The number of guanidine groups is 1. The van der Waals surface area contributed by atoms with Crippen molar-refractivity contribution in [1.82, 2.24) is 10.6 Å². The minimum Gasteiger partial charge on any atom is -0.469 e. The van der Waals surface area contributed by atoms with Crippen molar-refractivity contribution in [2.75, 3.05) is 32.8 Å². The van der Waals surface area contributed by atoms with Crippen LogP contribution in [0, 0.1) is 0 Å². The third-order valence-electron chi connectivity index (χ3n) is 4.99. The van der Waals surface area contributed by atoms with E-state index >= 15 is 0 Å². The molecule has 26 heavy (non-hydrogen) atoms. The Balaban J connectivity index is 1.38. The van der Waals surface area contributed by atoms with Gasteiger partial charge in [-0.3, -0.25) is 4.99 Å². The molecule has 1 aromatic rings. The van der Waals surface area contributed by atoms with Crippen LogP contribution in [0.5, 0.6) is 0 Å². The number of hydrogen-bond acceptors (Lipinski definition) is 4. The fourth-order valence-corrected chi connectivity index (χ4v) is 3.49. The predicted octanol–water partition coefficient (Wildman–Crippen LogP) is 2.89. The number of rotatable bonds is 9. The van der Waals surface area contributed by atoms with Crippen LogP contribution in [-0.2, 0) is 15.9 Å². The van der Waals surface area contributed by atoms with Gasteiger partial charge < -0.3 is 24.5 Å². The number of ether oxygens (including phenoxy) is 2. The normalized spacial score (nSPS) is 23.9. The fraction of sp³-hybridized carbons (Fsp3) is 0.750. The zero-order valence-electron chi connectivity index (χ0n) is 15.8. The molecule has 2 atom stereocenters. The van der Waals surface area contributed by atoms with Crippen molar-refractivity contribution in [2.45, 2.75) is 63.6 Å². The molecular weight excluding hydrogens is 330 g/mol. The lowest BCUT2D eigenvalue weighted by Gasteiger charge is -2.22. The minimum atomic E-state index is 0.273. The first kappa shape index (κ1) is 19.2. The molecule has 2 aliphatic heterocycles. The van der Waals surface area contributed by atoms with E-state index in [0.717, 1.165) is 76.7 Å². The Morgan fingerprint density at radius 3 is 2.65 bits per heavy atom. The van der Waals surface area contributed by atoms with Crippen LogP contribution in [0.4, 0.5) is 0 Å². The van der Waals surface area contributed by atoms with Crippen LogP contribution in [0.2, 0.25) is 0 Å². The summed E-state index contributed by atoms with van der Waals surface area (Å²) in [5.74, 6) is 1.86. The Morgan fingerprint density at radius 2 is 1.88 bits per heavy atom. The Kier molecular flexibility index (Phi) is 8.32. The van der Waals surface area contributed by atoms with Gasteiger partial charge in [0.05, 0.1) is 25.0 Å². The average molecular weight is 364 g/mol. The average Bonchev–Trinajstić information content (AvgIpc) is 3.37. The van der Waals surface area contributed by atoms with E-state index in [-0.39, 0.29) is 6.10 Å². The molecule has 0 bridgehead atoms. The molecule has 3 heterocycles. The number of aliphatic imine (C=N–C) groups is 1. The summed E-state index contributed by atoms with van der Waals surface area (Å²) < 4.78 is 16.9. The highest BCUT2D eigenvalue weighted by molar-refractivity contribution is 5.79. The Bertz CT molecular complexity index is 506. The van der Waals surface area contributed by atoms with Gasteiger partial charge in [-0.25, -0.2) is 0 Å². The van der Waals surface area contributed by atoms with Gasteiger partial charge in [0, 0.05) is 32.7 Å². The van der Waals surface area contributed by atoms with Gasteiger partial charge in [0.1, 0.15) is 5.76 Å². The summed E-state index contributed by atoms with van der Waals surface area (Å²) in [6.07, 6.45) is 11.5. The highest BCUT2D eigenvalue weighted by Gasteiger charge is 2.15. The summed E-state index contributed by atoms with van der Waals surface area (Å²) in [6, 6.07) is 3.93. The molecule has 2 aliphatic rings. The van der Waals surface area contributed by atoms with Crippen molar-refractivity contribution in [3.05, 3.63) is 24.2 Å². The van der Waals surface area contributed by atoms with E-state index in [1.165, 1.54) is 19.3 Å². The smallest absolute Gasteiger partial charge is 0.191 e. The maximum Gasteiger partial charge on any atom is 0.191 e. The summed E-state index contributed by atoms with van der Waals surface area (Å²) >= 11 is 0. The third kappa shape index (κ3) is 7.00. The molecule has 6 nitrogen and oxygen atoms in total. The van der Waals surface area contributed by atoms with Gasteiger partial charge in [0.25, 0.3) is 0 Å². The first-order valence-electron chi connectivity index (χ1n) is 10.2. The van der Waals surface area contributed by atoms with Gasteiger partial charge >= 0.3 is 0 Å². The monoisotopic (exact) mass is 363 g/mol. The Hall–Kier alpha value is -1.53. The highest BCUT2D eigenvalue weighted by atomic mass is 16.5. The SMILES string of the molecule is c1coc(CCNC(=NCC2CCCO2)NCCCC2CCCCO2)c1. The van der Waals surface area contributed by atoms with Gasteiger partial charge in [0.15, 0.2) is 5.96 Å². The van der Waals surface area contributed by atoms with Crippen LogP contribution in [0.15, 0.2) is 27.8 Å². The van der Waals surface area contributed by atoms with Gasteiger partial charge in [-0.05, 0) is 57.1 Å². The molecule has 0 amide bonds. The summed E-state index contributed by atoms with van der Waals surface area (Å²) in [6.45, 7) is 4.24. The van der Waals surface area contributed by atoms with Gasteiger partial charge in [-0.15, -0.1) is 0 Å². The lowest BCUT2D eigenvalue weighted by Crippen LogP contribution is -2.39. The van der Waals surface area contributed by atoms with Crippen LogP contribution in [0.25, 0.3) is 0 Å². The van der Waals surface area contributed by atoms with E-state index in [2.05, 4.69) is 10.6 Å². The molecule has 1 aromatic heterocycles. The molecule has 0 radical (unpaired) electrons. The standard InChI is InChI=1S/C20H33N3O3/c1-2-13-24-17(6-1)7-3-11-21-20(23-16-19-9-5-15-26-19)22-12-10-18-8-4-14-25-18/h4,8,14,17,19H,1-3,5-7,9-13,15-16H2,(H2,21,22,23). The molecule has 6 heteroatoms. The zero-order chi connectivity index (χ0) is 17.9. The van der Waals surface area contributed by atoms with Crippen LogP contribution >= 0.6 is 0 Å². The fourth-order valence-electron chi connectivity index (χ4n) is 3.49. The molecule has 146 valence electrons. The topological polar surface area (TPSA) is 68.0 Å². The molecule has 2 unspecified atom stereocenters. The quantitative estimate of drug-likeness (QED) is 0.401. The number of nitrogens with one attached hydrogen (secondary N) is 2. The van der Waals surface area contributed by atoms with E-state index in [1.807, 2.05) is 12.1 Å². The number of nitrogens with zero attached hydrogens (tertiary/aromatic N) is 1. The maximum absolute atomic E-state index is 5.81. The lowest BCUT2D eigenvalue weighted by molar-refractivity contribution is 0.0104. The van der Waals surface area contributed by atoms with Gasteiger partial charge in [-0.2, -0.15) is 0 Å². The third-order valence-corrected chi connectivity index (χ3v) is 4.99. The Morgan fingerprint density at radius 1 is 1.04 bits per heavy atom. The predicted molar refractivity (Wildman–Crippen MR) is 103 cm³/mol. The molecule has 2 N–H and O–H groups in total. The molecule has 0 saturated carbocycles. The van der Waals surface area contributed by atoms with Crippen LogP contribution in [0.1, 0.15) is 50.7 Å². The van der Waals surface area contributed by atoms with Crippen molar-refractivity contribution in [3.8, 4) is 0 Å². The maximum atomic E-state index is 5.81. The first-order valence-corrected chi connectivity index (χ1v) is 10.2. The second kappa shape index (κ2) is 11.2. The second-order valence-electron chi connectivity index (χ2n) is 7.14. The largest absolute Gasteiger partial charge is 0.469 e. The number of hydrogen-bond donors (Lipinski definition) is 2. The summed E-state index contributed by atoms with van der Waals surface area (Å²) in [4.78, 5) is 4.72. The van der Waals surface area contributed by atoms with Crippen LogP contribution < -0.4 is 10.6 Å². The van der Waals surface area contributed by atoms with Crippen LogP contribution in [0.3, 0.4) is 0 Å². The summed E-state index contributed by atoms with van der Waals surface area (Å²) in [5, 5.41) is 6.87. The first-order chi connectivity index (χ1) is 12.9. The van der Waals surface area contributed by atoms with Crippen molar-refractivity contribution in [3.63, 3.8) is 0 Å². The molecule has 3 rings (SSSR count). The Labute approximate surface area is 156 Å². The lowest BCUT2D eigenvalue weighted by atomic mass is 10.0. The molecule has 0 aromatic carbocycles. The van der Waals surface area contributed by atoms with Crippen LogP contribution in [-0.4, -0.2) is 51.0 Å². The van der Waals surface area contributed by atoms with Crippen molar-refractivity contribution < 1.29 is 13.9 Å². The van der Waals surface area contributed by atoms with Crippen molar-refractivity contribution in [2.24, 2.45) is 4.99 Å².